The topological polar surface area (TPSA) is 101 Å². The van der Waals surface area contributed by atoms with Gasteiger partial charge in [0.2, 0.25) is 15.9 Å². The monoisotopic (exact) mass is 458 g/mol. The molecule has 9 heteroatoms. The number of benzene rings is 2. The number of H-pyrrole nitrogens is 1. The van der Waals surface area contributed by atoms with Crippen molar-refractivity contribution < 1.29 is 12.8 Å². The lowest BCUT2D eigenvalue weighted by Gasteiger charge is -2.05. The van der Waals surface area contributed by atoms with Crippen molar-refractivity contribution >= 4 is 26.0 Å². The minimum atomic E-state index is -3.69. The van der Waals surface area contributed by atoms with Gasteiger partial charge >= 0.3 is 0 Å². The van der Waals surface area contributed by atoms with Crippen LogP contribution in [0.1, 0.15) is 5.56 Å². The van der Waals surface area contributed by atoms with Crippen LogP contribution in [0.3, 0.4) is 0 Å². The van der Waals surface area contributed by atoms with E-state index in [0.29, 0.717) is 11.6 Å². The third kappa shape index (κ3) is 4.06. The zero-order valence-corrected chi connectivity index (χ0v) is 16.9. The van der Waals surface area contributed by atoms with Crippen LogP contribution in [0.5, 0.6) is 0 Å². The summed E-state index contributed by atoms with van der Waals surface area (Å²) in [7, 11) is -3.69. The lowest BCUT2D eigenvalue weighted by atomic mass is 10.2. The molecule has 0 unspecified atom stereocenters. The zero-order chi connectivity index (χ0) is 19.6. The average molecular weight is 459 g/mol. The summed E-state index contributed by atoms with van der Waals surface area (Å²) in [5.74, 6) is 0.578. The summed E-state index contributed by atoms with van der Waals surface area (Å²) in [6.07, 6.45) is 1.39. The van der Waals surface area contributed by atoms with E-state index in [1.807, 2.05) is 54.6 Å². The molecule has 0 fully saturated rings. The molecule has 0 saturated heterocycles. The maximum absolute atomic E-state index is 12.6. The van der Waals surface area contributed by atoms with Crippen LogP contribution in [0, 0.1) is 0 Å². The van der Waals surface area contributed by atoms with Gasteiger partial charge in [0.25, 0.3) is 5.89 Å². The van der Waals surface area contributed by atoms with Crippen LogP contribution in [0.15, 0.2) is 80.6 Å². The molecule has 0 saturated carbocycles. The molecule has 142 valence electrons. The Hall–Kier alpha value is -2.75. The number of nitrogens with one attached hydrogen (secondary N) is 2. The van der Waals surface area contributed by atoms with Gasteiger partial charge in [-0.3, -0.25) is 0 Å². The third-order valence-corrected chi connectivity index (χ3v) is 5.87. The number of nitrogens with zero attached hydrogens (tertiary/aromatic N) is 2. The summed E-state index contributed by atoms with van der Waals surface area (Å²) in [6, 6.07) is 18.2. The lowest BCUT2D eigenvalue weighted by Crippen LogP contribution is -2.22. The molecule has 0 aliphatic carbocycles. The van der Waals surface area contributed by atoms with Crippen LogP contribution in [-0.2, 0) is 16.6 Å². The molecule has 4 rings (SSSR count). The van der Waals surface area contributed by atoms with Gasteiger partial charge in [-0.1, -0.05) is 46.3 Å². The summed E-state index contributed by atoms with van der Waals surface area (Å²) in [5.41, 5.74) is 2.06. The molecule has 2 heterocycles. The number of rotatable bonds is 6. The van der Waals surface area contributed by atoms with Crippen molar-refractivity contribution in [2.24, 2.45) is 0 Å². The van der Waals surface area contributed by atoms with Gasteiger partial charge in [-0.2, -0.15) is 0 Å². The maximum atomic E-state index is 12.6. The van der Waals surface area contributed by atoms with Crippen molar-refractivity contribution in [2.75, 3.05) is 0 Å². The van der Waals surface area contributed by atoms with E-state index in [9.17, 15) is 8.42 Å². The predicted octanol–water partition coefficient (Wildman–Crippen LogP) is 3.97. The Morgan fingerprint density at radius 3 is 2.57 bits per heavy atom. The highest BCUT2D eigenvalue weighted by Crippen LogP contribution is 2.24. The second kappa shape index (κ2) is 7.70. The number of aromatic nitrogens is 3. The molecule has 4 aromatic rings. The van der Waals surface area contributed by atoms with E-state index >= 15 is 0 Å². The van der Waals surface area contributed by atoms with E-state index in [4.69, 9.17) is 4.42 Å². The molecular weight excluding hydrogens is 444 g/mol. The fourth-order valence-corrected chi connectivity index (χ4v) is 4.05. The highest BCUT2D eigenvalue weighted by atomic mass is 79.9. The van der Waals surface area contributed by atoms with E-state index in [1.54, 1.807) is 0 Å². The van der Waals surface area contributed by atoms with Crippen molar-refractivity contribution in [3.05, 3.63) is 76.9 Å². The van der Waals surface area contributed by atoms with Gasteiger partial charge in [0, 0.05) is 22.8 Å². The van der Waals surface area contributed by atoms with Crippen molar-refractivity contribution in [1.82, 2.24) is 19.9 Å². The van der Waals surface area contributed by atoms with Crippen LogP contribution in [0.25, 0.3) is 23.0 Å². The van der Waals surface area contributed by atoms with Crippen LogP contribution < -0.4 is 4.72 Å². The molecule has 0 bridgehead atoms. The summed E-state index contributed by atoms with van der Waals surface area (Å²) in [5, 5.41) is 8.01. The normalized spacial score (nSPS) is 11.6. The largest absolute Gasteiger partial charge is 0.415 e. The van der Waals surface area contributed by atoms with Crippen LogP contribution >= 0.6 is 15.9 Å². The Morgan fingerprint density at radius 1 is 1.00 bits per heavy atom. The predicted molar refractivity (Wildman–Crippen MR) is 108 cm³/mol. The summed E-state index contributed by atoms with van der Waals surface area (Å²) >= 11 is 3.37. The van der Waals surface area contributed by atoms with Crippen molar-refractivity contribution in [1.29, 1.82) is 0 Å². The molecule has 2 aromatic carbocycles. The Balaban J connectivity index is 1.51. The quantitative estimate of drug-likeness (QED) is 0.455. The second-order valence-electron chi connectivity index (χ2n) is 5.98. The summed E-state index contributed by atoms with van der Waals surface area (Å²) in [4.78, 5) is 2.97. The SMILES string of the molecule is O=S(=O)(NCc1cccc(Br)c1)c1c[nH]c(-c2nnc(-c3ccccc3)o2)c1. The first-order valence-corrected chi connectivity index (χ1v) is 10.6. The minimum absolute atomic E-state index is 0.0944. The first-order valence-electron chi connectivity index (χ1n) is 8.33. The van der Waals surface area contributed by atoms with Crippen molar-refractivity contribution in [3.8, 4) is 23.0 Å². The van der Waals surface area contributed by atoms with Gasteiger partial charge in [0.05, 0.1) is 0 Å². The third-order valence-electron chi connectivity index (χ3n) is 4.00. The highest BCUT2D eigenvalue weighted by Gasteiger charge is 2.19. The Kier molecular flexibility index (Phi) is 5.12. The molecule has 0 spiro atoms. The van der Waals surface area contributed by atoms with Gasteiger partial charge in [-0.15, -0.1) is 10.2 Å². The molecule has 0 atom stereocenters. The van der Waals surface area contributed by atoms with E-state index < -0.39 is 10.0 Å². The van der Waals surface area contributed by atoms with Gasteiger partial charge in [0.1, 0.15) is 10.6 Å². The van der Waals surface area contributed by atoms with Crippen LogP contribution in [-0.4, -0.2) is 23.6 Å². The van der Waals surface area contributed by atoms with E-state index in [0.717, 1.165) is 15.6 Å². The van der Waals surface area contributed by atoms with Crippen molar-refractivity contribution in [3.63, 3.8) is 0 Å². The molecule has 28 heavy (non-hydrogen) atoms. The first-order chi connectivity index (χ1) is 13.5. The zero-order valence-electron chi connectivity index (χ0n) is 14.5. The molecule has 0 amide bonds. The maximum Gasteiger partial charge on any atom is 0.264 e. The smallest absolute Gasteiger partial charge is 0.264 e. The summed E-state index contributed by atoms with van der Waals surface area (Å²) in [6.45, 7) is 0.182. The molecule has 0 aliphatic heterocycles. The van der Waals surface area contributed by atoms with Gasteiger partial charge in [0.15, 0.2) is 0 Å². The summed E-state index contributed by atoms with van der Waals surface area (Å²) < 4.78 is 34.2. The number of hydrogen-bond donors (Lipinski definition) is 2. The minimum Gasteiger partial charge on any atom is -0.415 e. The average Bonchev–Trinajstić information content (AvgIpc) is 3.37. The van der Waals surface area contributed by atoms with Gasteiger partial charge in [-0.05, 0) is 35.9 Å². The fourth-order valence-electron chi connectivity index (χ4n) is 2.59. The fraction of sp³-hybridized carbons (Fsp3) is 0.0526. The van der Waals surface area contributed by atoms with E-state index in [2.05, 4.69) is 35.8 Å². The number of sulfonamides is 1. The number of hydrogen-bond acceptors (Lipinski definition) is 5. The second-order valence-corrected chi connectivity index (χ2v) is 8.66. The van der Waals surface area contributed by atoms with Gasteiger partial charge in [-0.25, -0.2) is 13.1 Å². The molecule has 2 N–H and O–H groups in total. The van der Waals surface area contributed by atoms with Crippen LogP contribution in [0.2, 0.25) is 0 Å². The number of halogens is 1. The molecule has 0 radical (unpaired) electrons. The van der Waals surface area contributed by atoms with E-state index in [1.165, 1.54) is 12.3 Å². The Labute approximate surface area is 170 Å². The van der Waals surface area contributed by atoms with E-state index in [-0.39, 0.29) is 17.3 Å². The molecule has 0 aliphatic rings. The molecule has 7 nitrogen and oxygen atoms in total. The Bertz CT molecular complexity index is 1200. The highest BCUT2D eigenvalue weighted by molar-refractivity contribution is 9.10. The Morgan fingerprint density at radius 2 is 1.79 bits per heavy atom. The molecular formula is C19H15BrN4O3S. The lowest BCUT2D eigenvalue weighted by molar-refractivity contribution is 0.581. The molecule has 2 aromatic heterocycles. The van der Waals surface area contributed by atoms with Gasteiger partial charge < -0.3 is 9.40 Å². The number of aromatic amines is 1. The standard InChI is InChI=1S/C19H15BrN4O3S/c20-15-8-4-5-13(9-15)11-22-28(25,26)16-10-17(21-12-16)19-24-23-18(27-19)14-6-2-1-3-7-14/h1-10,12,21-22H,11H2. The first kappa shape index (κ1) is 18.6. The van der Waals surface area contributed by atoms with Crippen LogP contribution in [0.4, 0.5) is 0 Å². The van der Waals surface area contributed by atoms with Crippen molar-refractivity contribution in [2.45, 2.75) is 11.4 Å².